The molecule has 0 saturated heterocycles. The lowest BCUT2D eigenvalue weighted by Gasteiger charge is -2.28. The van der Waals surface area contributed by atoms with Gasteiger partial charge < -0.3 is 4.74 Å². The number of rotatable bonds is 4. The van der Waals surface area contributed by atoms with Crippen LogP contribution in [0.15, 0.2) is 0 Å². The lowest BCUT2D eigenvalue weighted by Crippen LogP contribution is -2.39. The molecule has 3 heteroatoms. The number of ketones is 1. The summed E-state index contributed by atoms with van der Waals surface area (Å²) in [7, 11) is 1.38. The third-order valence-electron chi connectivity index (χ3n) is 3.54. The van der Waals surface area contributed by atoms with Gasteiger partial charge in [-0.1, -0.05) is 32.6 Å². The van der Waals surface area contributed by atoms with Crippen molar-refractivity contribution >= 4 is 11.8 Å². The molecule has 0 spiro atoms. The Hall–Kier alpha value is -0.860. The minimum Gasteiger partial charge on any atom is -0.468 e. The number of hydrogen-bond acceptors (Lipinski definition) is 3. The summed E-state index contributed by atoms with van der Waals surface area (Å²) in [6.45, 7) is 1.97. The van der Waals surface area contributed by atoms with Crippen LogP contribution in [0.5, 0.6) is 0 Å². The van der Waals surface area contributed by atoms with E-state index in [-0.39, 0.29) is 11.8 Å². The minimum atomic E-state index is -0.818. The molecule has 1 aliphatic rings. The SMILES string of the molecule is CCCC(=O)C1(C(=O)OC)CCCCCC1. The normalized spacial score (nSPS) is 19.9. The molecule has 0 atom stereocenters. The van der Waals surface area contributed by atoms with Gasteiger partial charge in [-0.2, -0.15) is 0 Å². The molecular formula is C13H22O3. The number of Topliss-reactive ketones (excluding diaryl/α,β-unsaturated/α-hetero) is 1. The van der Waals surface area contributed by atoms with Crippen molar-refractivity contribution in [3.63, 3.8) is 0 Å². The molecule has 0 aromatic rings. The molecule has 0 bridgehead atoms. The van der Waals surface area contributed by atoms with Gasteiger partial charge in [0.2, 0.25) is 0 Å². The van der Waals surface area contributed by atoms with Crippen LogP contribution in [0.3, 0.4) is 0 Å². The Balaban J connectivity index is 2.89. The first-order valence-electron chi connectivity index (χ1n) is 6.29. The number of ether oxygens (including phenoxy) is 1. The van der Waals surface area contributed by atoms with E-state index in [9.17, 15) is 9.59 Å². The van der Waals surface area contributed by atoms with Crippen LogP contribution in [0.4, 0.5) is 0 Å². The van der Waals surface area contributed by atoms with Crippen molar-refractivity contribution in [3.05, 3.63) is 0 Å². The molecule has 1 fully saturated rings. The molecule has 1 rings (SSSR count). The Kier molecular flexibility index (Phi) is 4.97. The lowest BCUT2D eigenvalue weighted by atomic mass is 9.75. The van der Waals surface area contributed by atoms with E-state index in [0.29, 0.717) is 19.3 Å². The zero-order valence-corrected chi connectivity index (χ0v) is 10.4. The molecule has 0 N–H and O–H groups in total. The fourth-order valence-corrected chi connectivity index (χ4v) is 2.59. The van der Waals surface area contributed by atoms with Crippen molar-refractivity contribution in [2.45, 2.75) is 58.3 Å². The molecule has 0 unspecified atom stereocenters. The third-order valence-corrected chi connectivity index (χ3v) is 3.54. The molecule has 0 radical (unpaired) electrons. The smallest absolute Gasteiger partial charge is 0.319 e. The van der Waals surface area contributed by atoms with Gasteiger partial charge in [0.25, 0.3) is 0 Å². The van der Waals surface area contributed by atoms with E-state index in [1.807, 2.05) is 6.92 Å². The maximum atomic E-state index is 12.2. The van der Waals surface area contributed by atoms with E-state index >= 15 is 0 Å². The largest absolute Gasteiger partial charge is 0.468 e. The van der Waals surface area contributed by atoms with Gasteiger partial charge in [0, 0.05) is 6.42 Å². The number of hydrogen-bond donors (Lipinski definition) is 0. The summed E-state index contributed by atoms with van der Waals surface area (Å²) in [4.78, 5) is 24.1. The maximum absolute atomic E-state index is 12.2. The van der Waals surface area contributed by atoms with Crippen molar-refractivity contribution in [3.8, 4) is 0 Å². The second kappa shape index (κ2) is 6.02. The molecule has 1 saturated carbocycles. The number of methoxy groups -OCH3 is 1. The van der Waals surface area contributed by atoms with Crippen LogP contribution in [0.25, 0.3) is 0 Å². The van der Waals surface area contributed by atoms with Crippen molar-refractivity contribution in [2.24, 2.45) is 5.41 Å². The quantitative estimate of drug-likeness (QED) is 0.420. The van der Waals surface area contributed by atoms with Gasteiger partial charge in [-0.15, -0.1) is 0 Å². The molecule has 0 amide bonds. The number of carbonyl (C=O) groups excluding carboxylic acids is 2. The van der Waals surface area contributed by atoms with Crippen LogP contribution < -0.4 is 0 Å². The lowest BCUT2D eigenvalue weighted by molar-refractivity contribution is -0.159. The van der Waals surface area contributed by atoms with Crippen LogP contribution in [0, 0.1) is 5.41 Å². The summed E-state index contributed by atoms with van der Waals surface area (Å²) < 4.78 is 4.86. The molecule has 1 aliphatic carbocycles. The van der Waals surface area contributed by atoms with Crippen LogP contribution >= 0.6 is 0 Å². The van der Waals surface area contributed by atoms with Crippen molar-refractivity contribution in [2.75, 3.05) is 7.11 Å². The first-order chi connectivity index (χ1) is 7.67. The molecule has 0 aliphatic heterocycles. The van der Waals surface area contributed by atoms with Crippen molar-refractivity contribution in [1.82, 2.24) is 0 Å². The van der Waals surface area contributed by atoms with Crippen molar-refractivity contribution in [1.29, 1.82) is 0 Å². The van der Waals surface area contributed by atoms with E-state index in [0.717, 1.165) is 32.1 Å². The summed E-state index contributed by atoms with van der Waals surface area (Å²) in [6, 6.07) is 0. The topological polar surface area (TPSA) is 43.4 Å². The van der Waals surface area contributed by atoms with Crippen LogP contribution in [-0.2, 0) is 14.3 Å². The number of esters is 1. The standard InChI is InChI=1S/C13H22O3/c1-3-8-11(14)13(12(15)16-2)9-6-4-5-7-10-13/h3-10H2,1-2H3. The molecule has 0 aromatic carbocycles. The Labute approximate surface area is 97.5 Å². The zero-order valence-electron chi connectivity index (χ0n) is 10.4. The van der Waals surface area contributed by atoms with Crippen LogP contribution in [-0.4, -0.2) is 18.9 Å². The first-order valence-corrected chi connectivity index (χ1v) is 6.29. The van der Waals surface area contributed by atoms with Gasteiger partial charge in [-0.3, -0.25) is 9.59 Å². The highest BCUT2D eigenvalue weighted by Crippen LogP contribution is 2.38. The minimum absolute atomic E-state index is 0.0868. The molecule has 0 aromatic heterocycles. The molecule has 16 heavy (non-hydrogen) atoms. The summed E-state index contributed by atoms with van der Waals surface area (Å²) in [5.41, 5.74) is -0.818. The van der Waals surface area contributed by atoms with Crippen LogP contribution in [0.1, 0.15) is 58.3 Å². The Morgan fingerprint density at radius 1 is 1.12 bits per heavy atom. The predicted octanol–water partition coefficient (Wildman–Crippen LogP) is 2.87. The van der Waals surface area contributed by atoms with E-state index in [1.165, 1.54) is 7.11 Å². The molecular weight excluding hydrogens is 204 g/mol. The Morgan fingerprint density at radius 3 is 2.12 bits per heavy atom. The van der Waals surface area contributed by atoms with E-state index in [4.69, 9.17) is 4.74 Å². The average Bonchev–Trinajstić information content (AvgIpc) is 2.54. The second-order valence-corrected chi connectivity index (χ2v) is 4.66. The monoisotopic (exact) mass is 226 g/mol. The number of carbonyl (C=O) groups is 2. The van der Waals surface area contributed by atoms with E-state index in [1.54, 1.807) is 0 Å². The van der Waals surface area contributed by atoms with Gasteiger partial charge in [0.05, 0.1) is 7.11 Å². The highest BCUT2D eigenvalue weighted by molar-refractivity contribution is 6.03. The predicted molar refractivity (Wildman–Crippen MR) is 62.1 cm³/mol. The molecule has 0 heterocycles. The summed E-state index contributed by atoms with van der Waals surface area (Å²) in [5.74, 6) is -0.225. The highest BCUT2D eigenvalue weighted by Gasteiger charge is 2.45. The van der Waals surface area contributed by atoms with Gasteiger partial charge >= 0.3 is 5.97 Å². The molecule has 3 nitrogen and oxygen atoms in total. The summed E-state index contributed by atoms with van der Waals surface area (Å²) in [6.07, 6.45) is 6.83. The Morgan fingerprint density at radius 2 is 1.69 bits per heavy atom. The fraction of sp³-hybridized carbons (Fsp3) is 0.846. The summed E-state index contributed by atoms with van der Waals surface area (Å²) >= 11 is 0. The highest BCUT2D eigenvalue weighted by atomic mass is 16.5. The fourth-order valence-electron chi connectivity index (χ4n) is 2.59. The first kappa shape index (κ1) is 13.2. The van der Waals surface area contributed by atoms with Crippen LogP contribution in [0.2, 0.25) is 0 Å². The van der Waals surface area contributed by atoms with Gasteiger partial charge in [0.1, 0.15) is 11.2 Å². The van der Waals surface area contributed by atoms with Gasteiger partial charge in [-0.05, 0) is 19.3 Å². The summed E-state index contributed by atoms with van der Waals surface area (Å²) in [5, 5.41) is 0. The average molecular weight is 226 g/mol. The van der Waals surface area contributed by atoms with Gasteiger partial charge in [0.15, 0.2) is 0 Å². The second-order valence-electron chi connectivity index (χ2n) is 4.66. The van der Waals surface area contributed by atoms with Gasteiger partial charge in [-0.25, -0.2) is 0 Å². The molecule has 92 valence electrons. The Bertz CT molecular complexity index is 250. The third kappa shape index (κ3) is 2.63. The van der Waals surface area contributed by atoms with Crippen molar-refractivity contribution < 1.29 is 14.3 Å². The van der Waals surface area contributed by atoms with E-state index < -0.39 is 5.41 Å². The van der Waals surface area contributed by atoms with E-state index in [2.05, 4.69) is 0 Å². The zero-order chi connectivity index (χ0) is 12.0. The maximum Gasteiger partial charge on any atom is 0.319 e.